The Hall–Kier alpha value is -2.14. The molecule has 0 atom stereocenters. The lowest BCUT2D eigenvalue weighted by Gasteiger charge is -2.10. The van der Waals surface area contributed by atoms with Gasteiger partial charge in [-0.2, -0.15) is 5.10 Å². The normalized spacial score (nSPS) is 10.3. The highest BCUT2D eigenvalue weighted by molar-refractivity contribution is 5.37. The van der Waals surface area contributed by atoms with Gasteiger partial charge in [-0.15, -0.1) is 0 Å². The van der Waals surface area contributed by atoms with Gasteiger partial charge in [0.05, 0.1) is 13.7 Å². The van der Waals surface area contributed by atoms with Crippen LogP contribution in [0.4, 0.5) is 0 Å². The van der Waals surface area contributed by atoms with Crippen LogP contribution in [0.25, 0.3) is 0 Å². The Balaban J connectivity index is 2.38. The second kappa shape index (κ2) is 5.46. The fourth-order valence-corrected chi connectivity index (χ4v) is 1.75. The largest absolute Gasteiger partial charge is 0.496 e. The summed E-state index contributed by atoms with van der Waals surface area (Å²) in [5.74, 6) is 0.727. The Labute approximate surface area is 105 Å². The van der Waals surface area contributed by atoms with Crippen molar-refractivity contribution in [2.75, 3.05) is 7.11 Å². The van der Waals surface area contributed by atoms with Crippen molar-refractivity contribution in [2.24, 2.45) is 5.73 Å². The van der Waals surface area contributed by atoms with Crippen LogP contribution in [-0.2, 0) is 13.1 Å². The molecule has 1 aromatic heterocycles. The molecular weight excluding hydrogens is 230 g/mol. The maximum absolute atomic E-state index is 11.6. The van der Waals surface area contributed by atoms with E-state index < -0.39 is 0 Å². The minimum absolute atomic E-state index is 0.141. The highest BCUT2D eigenvalue weighted by Crippen LogP contribution is 2.20. The molecule has 0 aliphatic heterocycles. The monoisotopic (exact) mass is 245 g/mol. The number of nitrogens with two attached hydrogens (primary N) is 1. The summed E-state index contributed by atoms with van der Waals surface area (Å²) < 4.78 is 6.66. The van der Waals surface area contributed by atoms with Gasteiger partial charge < -0.3 is 10.5 Å². The first-order chi connectivity index (χ1) is 8.74. The number of aromatic nitrogens is 2. The van der Waals surface area contributed by atoms with E-state index in [-0.39, 0.29) is 5.56 Å². The highest BCUT2D eigenvalue weighted by Gasteiger charge is 2.06. The molecule has 0 aliphatic rings. The molecule has 5 heteroatoms. The van der Waals surface area contributed by atoms with Crippen molar-refractivity contribution in [1.29, 1.82) is 0 Å². The van der Waals surface area contributed by atoms with Crippen molar-refractivity contribution in [2.45, 2.75) is 13.1 Å². The lowest BCUT2D eigenvalue weighted by molar-refractivity contribution is 0.406. The number of hydrogen-bond acceptors (Lipinski definition) is 4. The number of ether oxygens (including phenoxy) is 1. The van der Waals surface area contributed by atoms with E-state index in [1.165, 1.54) is 10.7 Å². The van der Waals surface area contributed by atoms with E-state index in [1.807, 2.05) is 18.2 Å². The fraction of sp³-hybridized carbons (Fsp3) is 0.231. The van der Waals surface area contributed by atoms with Gasteiger partial charge in [-0.1, -0.05) is 6.07 Å². The van der Waals surface area contributed by atoms with Crippen LogP contribution in [0.1, 0.15) is 11.1 Å². The minimum atomic E-state index is -0.141. The molecule has 1 heterocycles. The standard InChI is InChI=1S/C13H15N3O2/c1-18-12-5-4-10(8-14)7-11(12)9-16-13(17)3-2-6-15-16/h2-7H,8-9,14H2,1H3. The Morgan fingerprint density at radius 1 is 1.39 bits per heavy atom. The number of rotatable bonds is 4. The summed E-state index contributed by atoms with van der Waals surface area (Å²) >= 11 is 0. The molecule has 0 radical (unpaired) electrons. The van der Waals surface area contributed by atoms with Gasteiger partial charge in [-0.3, -0.25) is 4.79 Å². The Morgan fingerprint density at radius 2 is 2.22 bits per heavy atom. The average molecular weight is 245 g/mol. The molecule has 0 bridgehead atoms. The summed E-state index contributed by atoms with van der Waals surface area (Å²) in [5, 5.41) is 4.02. The zero-order valence-corrected chi connectivity index (χ0v) is 10.2. The smallest absolute Gasteiger partial charge is 0.267 e. The maximum Gasteiger partial charge on any atom is 0.267 e. The molecule has 0 aliphatic carbocycles. The predicted molar refractivity (Wildman–Crippen MR) is 68.5 cm³/mol. The van der Waals surface area contributed by atoms with Crippen LogP contribution in [0.2, 0.25) is 0 Å². The third-order valence-electron chi connectivity index (χ3n) is 2.69. The number of nitrogens with zero attached hydrogens (tertiary/aromatic N) is 2. The summed E-state index contributed by atoms with van der Waals surface area (Å²) in [5.41, 5.74) is 7.35. The lowest BCUT2D eigenvalue weighted by atomic mass is 10.1. The first-order valence-electron chi connectivity index (χ1n) is 5.62. The number of methoxy groups -OCH3 is 1. The third kappa shape index (κ3) is 2.57. The van der Waals surface area contributed by atoms with E-state index in [1.54, 1.807) is 19.4 Å². The highest BCUT2D eigenvalue weighted by atomic mass is 16.5. The molecular formula is C13H15N3O2. The topological polar surface area (TPSA) is 70.1 Å². The summed E-state index contributed by atoms with van der Waals surface area (Å²) in [7, 11) is 1.60. The van der Waals surface area contributed by atoms with Gasteiger partial charge in [-0.05, 0) is 23.8 Å². The van der Waals surface area contributed by atoms with Gasteiger partial charge in [0.15, 0.2) is 0 Å². The molecule has 2 rings (SSSR count). The first kappa shape index (κ1) is 12.3. The average Bonchev–Trinajstić information content (AvgIpc) is 2.41. The Bertz CT molecular complexity index is 593. The molecule has 0 amide bonds. The predicted octanol–water partition coefficient (Wildman–Crippen LogP) is 0.759. The molecule has 0 saturated carbocycles. The van der Waals surface area contributed by atoms with Crippen molar-refractivity contribution in [1.82, 2.24) is 9.78 Å². The molecule has 94 valence electrons. The molecule has 0 saturated heterocycles. The van der Waals surface area contributed by atoms with Gasteiger partial charge in [0.25, 0.3) is 5.56 Å². The summed E-state index contributed by atoms with van der Waals surface area (Å²) in [4.78, 5) is 11.6. The summed E-state index contributed by atoms with van der Waals surface area (Å²) in [6.45, 7) is 0.824. The Morgan fingerprint density at radius 3 is 2.89 bits per heavy atom. The van der Waals surface area contributed by atoms with Crippen LogP contribution in [-0.4, -0.2) is 16.9 Å². The second-order valence-corrected chi connectivity index (χ2v) is 3.87. The number of hydrogen-bond donors (Lipinski definition) is 1. The van der Waals surface area contributed by atoms with Gasteiger partial charge in [-0.25, -0.2) is 4.68 Å². The summed E-state index contributed by atoms with van der Waals surface area (Å²) in [6, 6.07) is 8.79. The van der Waals surface area contributed by atoms with E-state index in [9.17, 15) is 4.79 Å². The maximum atomic E-state index is 11.6. The molecule has 0 unspecified atom stereocenters. The SMILES string of the molecule is COc1ccc(CN)cc1Cn1ncccc1=O. The first-order valence-corrected chi connectivity index (χ1v) is 5.62. The zero-order valence-electron chi connectivity index (χ0n) is 10.2. The van der Waals surface area contributed by atoms with Crippen LogP contribution < -0.4 is 16.0 Å². The van der Waals surface area contributed by atoms with Gasteiger partial charge >= 0.3 is 0 Å². The quantitative estimate of drug-likeness (QED) is 0.863. The molecule has 1 aromatic carbocycles. The molecule has 0 spiro atoms. The van der Waals surface area contributed by atoms with Crippen molar-refractivity contribution < 1.29 is 4.74 Å². The van der Waals surface area contributed by atoms with Crippen molar-refractivity contribution in [3.05, 3.63) is 58.0 Å². The van der Waals surface area contributed by atoms with Gasteiger partial charge in [0.1, 0.15) is 5.75 Å². The lowest BCUT2D eigenvalue weighted by Crippen LogP contribution is -2.22. The van der Waals surface area contributed by atoms with Gasteiger partial charge in [0.2, 0.25) is 0 Å². The third-order valence-corrected chi connectivity index (χ3v) is 2.69. The van der Waals surface area contributed by atoms with Crippen LogP contribution in [0.15, 0.2) is 41.3 Å². The molecule has 18 heavy (non-hydrogen) atoms. The van der Waals surface area contributed by atoms with E-state index in [0.717, 1.165) is 16.9 Å². The zero-order chi connectivity index (χ0) is 13.0. The summed E-state index contributed by atoms with van der Waals surface area (Å²) in [6.07, 6.45) is 1.58. The molecule has 2 N–H and O–H groups in total. The van der Waals surface area contributed by atoms with Crippen LogP contribution in [0.5, 0.6) is 5.75 Å². The van der Waals surface area contributed by atoms with Crippen LogP contribution >= 0.6 is 0 Å². The van der Waals surface area contributed by atoms with Crippen LogP contribution in [0, 0.1) is 0 Å². The second-order valence-electron chi connectivity index (χ2n) is 3.87. The minimum Gasteiger partial charge on any atom is -0.496 e. The van der Waals surface area contributed by atoms with E-state index in [4.69, 9.17) is 10.5 Å². The molecule has 0 fully saturated rings. The van der Waals surface area contributed by atoms with Crippen molar-refractivity contribution in [3.8, 4) is 5.75 Å². The Kier molecular flexibility index (Phi) is 3.74. The van der Waals surface area contributed by atoms with Crippen molar-refractivity contribution >= 4 is 0 Å². The van der Waals surface area contributed by atoms with Gasteiger partial charge in [0, 0.05) is 24.4 Å². The van der Waals surface area contributed by atoms with Crippen molar-refractivity contribution in [3.63, 3.8) is 0 Å². The van der Waals surface area contributed by atoms with E-state index in [2.05, 4.69) is 5.10 Å². The van der Waals surface area contributed by atoms with E-state index >= 15 is 0 Å². The van der Waals surface area contributed by atoms with E-state index in [0.29, 0.717) is 13.1 Å². The van der Waals surface area contributed by atoms with Crippen LogP contribution in [0.3, 0.4) is 0 Å². The molecule has 5 nitrogen and oxygen atoms in total. The fourth-order valence-electron chi connectivity index (χ4n) is 1.75. The molecule has 2 aromatic rings. The number of benzene rings is 1.